The Hall–Kier alpha value is -2.35. The fraction of sp³-hybridized carbons (Fsp3) is 0.545. The van der Waals surface area contributed by atoms with Crippen molar-refractivity contribution in [1.29, 1.82) is 0 Å². The maximum absolute atomic E-state index is 12.3. The van der Waals surface area contributed by atoms with E-state index in [1.54, 1.807) is 0 Å². The molecule has 1 atom stereocenters. The third-order valence-electron chi connectivity index (χ3n) is 7.65. The van der Waals surface area contributed by atoms with Crippen LogP contribution >= 0.6 is 0 Å². The standard InChI is InChI=1S/C33H46O2/c1-8-10-12-24(9-2)23-35-31(34)13-11-18-33(6,7)30-17-15-26-19-27-21-29(32(3,4)5)16-14-25(27)20-28(26)22-30/h14-17,19-22,24H,8-13,18,23H2,1-7H3. The first-order chi connectivity index (χ1) is 16.5. The van der Waals surface area contributed by atoms with Gasteiger partial charge in [-0.15, -0.1) is 0 Å². The van der Waals surface area contributed by atoms with Crippen LogP contribution in [0.15, 0.2) is 48.5 Å². The Balaban J connectivity index is 1.64. The summed E-state index contributed by atoms with van der Waals surface area (Å²) in [5.74, 6) is 0.458. The molecule has 0 heterocycles. The molecule has 0 aliphatic heterocycles. The average Bonchev–Trinajstić information content (AvgIpc) is 2.81. The highest BCUT2D eigenvalue weighted by molar-refractivity contribution is 5.98. The van der Waals surface area contributed by atoms with Gasteiger partial charge in [0.15, 0.2) is 0 Å². The minimum atomic E-state index is -0.0460. The first-order valence-electron chi connectivity index (χ1n) is 13.7. The molecule has 35 heavy (non-hydrogen) atoms. The normalized spacial score (nSPS) is 13.3. The predicted molar refractivity (Wildman–Crippen MR) is 151 cm³/mol. The van der Waals surface area contributed by atoms with E-state index in [2.05, 4.69) is 97.0 Å². The van der Waals surface area contributed by atoms with Crippen molar-refractivity contribution in [2.45, 2.75) is 104 Å². The van der Waals surface area contributed by atoms with Gasteiger partial charge in [0.1, 0.15) is 0 Å². The van der Waals surface area contributed by atoms with E-state index in [4.69, 9.17) is 4.74 Å². The summed E-state index contributed by atoms with van der Waals surface area (Å²) in [5, 5.41) is 5.15. The molecule has 0 saturated heterocycles. The van der Waals surface area contributed by atoms with Crippen molar-refractivity contribution >= 4 is 27.5 Å². The van der Waals surface area contributed by atoms with Gasteiger partial charge in [-0.3, -0.25) is 4.79 Å². The van der Waals surface area contributed by atoms with E-state index in [-0.39, 0.29) is 16.8 Å². The highest BCUT2D eigenvalue weighted by atomic mass is 16.5. The van der Waals surface area contributed by atoms with Crippen LogP contribution < -0.4 is 0 Å². The van der Waals surface area contributed by atoms with Crippen LogP contribution in [0, 0.1) is 5.92 Å². The van der Waals surface area contributed by atoms with Crippen LogP contribution in [0.25, 0.3) is 21.5 Å². The third kappa shape index (κ3) is 7.32. The molecule has 0 radical (unpaired) electrons. The van der Waals surface area contributed by atoms with Gasteiger partial charge in [0.05, 0.1) is 6.61 Å². The number of hydrogen-bond donors (Lipinski definition) is 0. The second-order valence-electron chi connectivity index (χ2n) is 12.1. The summed E-state index contributed by atoms with van der Waals surface area (Å²) in [7, 11) is 0. The van der Waals surface area contributed by atoms with Gasteiger partial charge in [0.25, 0.3) is 0 Å². The van der Waals surface area contributed by atoms with Crippen molar-refractivity contribution in [2.24, 2.45) is 5.92 Å². The summed E-state index contributed by atoms with van der Waals surface area (Å²) in [4.78, 5) is 12.3. The molecular formula is C33H46O2. The Kier molecular flexibility index (Phi) is 9.02. The zero-order valence-corrected chi connectivity index (χ0v) is 23.2. The van der Waals surface area contributed by atoms with Crippen LogP contribution in [0.3, 0.4) is 0 Å². The number of unbranched alkanes of at least 4 members (excludes halogenated alkanes) is 1. The lowest BCUT2D eigenvalue weighted by atomic mass is 9.79. The van der Waals surface area contributed by atoms with Crippen molar-refractivity contribution in [2.75, 3.05) is 6.61 Å². The Bertz CT molecular complexity index is 1130. The Morgan fingerprint density at radius 1 is 0.800 bits per heavy atom. The van der Waals surface area contributed by atoms with E-state index in [0.29, 0.717) is 18.9 Å². The number of hydrogen-bond acceptors (Lipinski definition) is 2. The van der Waals surface area contributed by atoms with Crippen molar-refractivity contribution in [3.05, 3.63) is 59.7 Å². The minimum Gasteiger partial charge on any atom is -0.465 e. The molecule has 3 aromatic carbocycles. The summed E-state index contributed by atoms with van der Waals surface area (Å²) in [6.45, 7) is 16.3. The second kappa shape index (κ2) is 11.6. The summed E-state index contributed by atoms with van der Waals surface area (Å²) < 4.78 is 5.60. The van der Waals surface area contributed by atoms with Crippen molar-refractivity contribution in [3.63, 3.8) is 0 Å². The van der Waals surface area contributed by atoms with E-state index in [1.807, 2.05) is 0 Å². The highest BCUT2D eigenvalue weighted by Gasteiger charge is 2.22. The largest absolute Gasteiger partial charge is 0.465 e. The third-order valence-corrected chi connectivity index (χ3v) is 7.65. The van der Waals surface area contributed by atoms with E-state index < -0.39 is 0 Å². The molecule has 0 amide bonds. The number of carbonyl (C=O) groups is 1. The van der Waals surface area contributed by atoms with Gasteiger partial charge in [0, 0.05) is 6.42 Å². The van der Waals surface area contributed by atoms with Gasteiger partial charge in [0.2, 0.25) is 0 Å². The topological polar surface area (TPSA) is 26.3 Å². The van der Waals surface area contributed by atoms with Crippen LogP contribution in [-0.4, -0.2) is 12.6 Å². The van der Waals surface area contributed by atoms with Crippen LogP contribution in [0.4, 0.5) is 0 Å². The number of esters is 1. The fourth-order valence-corrected chi connectivity index (χ4v) is 4.89. The quantitative estimate of drug-likeness (QED) is 0.204. The Morgan fingerprint density at radius 2 is 1.40 bits per heavy atom. The van der Waals surface area contributed by atoms with Gasteiger partial charge in [-0.2, -0.15) is 0 Å². The number of rotatable bonds is 11. The summed E-state index contributed by atoms with van der Waals surface area (Å²) in [6.07, 6.45) is 6.96. The number of benzene rings is 3. The molecule has 2 nitrogen and oxygen atoms in total. The maximum atomic E-state index is 12.3. The molecule has 0 saturated carbocycles. The smallest absolute Gasteiger partial charge is 0.305 e. The molecule has 0 fully saturated rings. The summed E-state index contributed by atoms with van der Waals surface area (Å²) in [5.41, 5.74) is 2.85. The lowest BCUT2D eigenvalue weighted by Gasteiger charge is -2.26. The first kappa shape index (κ1) is 27.2. The molecule has 0 N–H and O–H groups in total. The molecule has 1 unspecified atom stereocenters. The van der Waals surface area contributed by atoms with E-state index in [1.165, 1.54) is 45.5 Å². The van der Waals surface area contributed by atoms with Crippen molar-refractivity contribution in [1.82, 2.24) is 0 Å². The van der Waals surface area contributed by atoms with Gasteiger partial charge in [-0.25, -0.2) is 0 Å². The zero-order valence-electron chi connectivity index (χ0n) is 23.2. The Morgan fingerprint density at radius 3 is 1.97 bits per heavy atom. The maximum Gasteiger partial charge on any atom is 0.305 e. The molecule has 3 aromatic rings. The first-order valence-corrected chi connectivity index (χ1v) is 13.7. The molecular weight excluding hydrogens is 428 g/mol. The summed E-state index contributed by atoms with van der Waals surface area (Å²) >= 11 is 0. The fourth-order valence-electron chi connectivity index (χ4n) is 4.89. The number of ether oxygens (including phenoxy) is 1. The van der Waals surface area contributed by atoms with Crippen molar-refractivity contribution in [3.8, 4) is 0 Å². The molecule has 0 spiro atoms. The molecule has 190 valence electrons. The lowest BCUT2D eigenvalue weighted by Crippen LogP contribution is -2.18. The monoisotopic (exact) mass is 474 g/mol. The van der Waals surface area contributed by atoms with E-state index in [9.17, 15) is 4.79 Å². The molecule has 0 aliphatic carbocycles. The molecule has 2 heteroatoms. The molecule has 0 bridgehead atoms. The summed E-state index contributed by atoms with van der Waals surface area (Å²) in [6, 6.07) is 18.3. The van der Waals surface area contributed by atoms with Gasteiger partial charge >= 0.3 is 5.97 Å². The van der Waals surface area contributed by atoms with Crippen LogP contribution in [-0.2, 0) is 20.4 Å². The predicted octanol–water partition coefficient (Wildman–Crippen LogP) is 9.50. The number of carbonyl (C=O) groups excluding carboxylic acids is 1. The molecule has 0 aliphatic rings. The number of fused-ring (bicyclic) bond motifs is 2. The molecule has 3 rings (SSSR count). The van der Waals surface area contributed by atoms with Crippen molar-refractivity contribution < 1.29 is 9.53 Å². The average molecular weight is 475 g/mol. The Labute approximate surface area is 213 Å². The van der Waals surface area contributed by atoms with E-state index in [0.717, 1.165) is 25.7 Å². The van der Waals surface area contributed by atoms with Gasteiger partial charge in [-0.1, -0.05) is 104 Å². The second-order valence-corrected chi connectivity index (χ2v) is 12.1. The van der Waals surface area contributed by atoms with Gasteiger partial charge in [-0.05, 0) is 80.8 Å². The van der Waals surface area contributed by atoms with Crippen LogP contribution in [0.5, 0.6) is 0 Å². The minimum absolute atomic E-state index is 0.00655. The SMILES string of the molecule is CCCCC(CC)COC(=O)CCCC(C)(C)c1ccc2cc3cc(C(C)(C)C)ccc3cc2c1. The van der Waals surface area contributed by atoms with Gasteiger partial charge < -0.3 is 4.74 Å². The van der Waals surface area contributed by atoms with Crippen LogP contribution in [0.1, 0.15) is 105 Å². The molecule has 0 aromatic heterocycles. The lowest BCUT2D eigenvalue weighted by molar-refractivity contribution is -0.145. The van der Waals surface area contributed by atoms with Crippen LogP contribution in [0.2, 0.25) is 0 Å². The van der Waals surface area contributed by atoms with E-state index >= 15 is 0 Å². The zero-order chi connectivity index (χ0) is 25.6. The highest BCUT2D eigenvalue weighted by Crippen LogP contribution is 2.34.